The highest BCUT2D eigenvalue weighted by Crippen LogP contribution is 2.50. The van der Waals surface area contributed by atoms with Crippen molar-refractivity contribution >= 4 is 176 Å². The van der Waals surface area contributed by atoms with Crippen LogP contribution in [0.4, 0.5) is 51.2 Å². The van der Waals surface area contributed by atoms with Gasteiger partial charge in [-0.15, -0.1) is 0 Å². The number of fused-ring (bicyclic) bond motifs is 10. The zero-order valence-corrected chi connectivity index (χ0v) is 65.7. The Labute approximate surface area is 678 Å². The summed E-state index contributed by atoms with van der Waals surface area (Å²) < 4.78 is 4.97. The Balaban J connectivity index is 0.833. The minimum absolute atomic E-state index is 0.257. The molecule has 544 valence electrons. The second-order valence-corrected chi connectivity index (χ2v) is 38.2. The smallest absolute Gasteiger partial charge is 0.252 e. The Morgan fingerprint density at radius 2 is 0.509 bits per heavy atom. The highest BCUT2D eigenvalue weighted by molar-refractivity contribution is 7.20. The topological polar surface area (TPSA) is 19.6 Å². The lowest BCUT2D eigenvalue weighted by Gasteiger charge is -2.45. The molecule has 0 aliphatic carbocycles. The van der Waals surface area contributed by atoms with Crippen LogP contribution in [0.3, 0.4) is 0 Å². The van der Waals surface area contributed by atoms with Crippen molar-refractivity contribution in [3.8, 4) is 22.5 Å². The third kappa shape index (κ3) is 10.9. The molecule has 0 radical (unpaired) electrons. The van der Waals surface area contributed by atoms with Gasteiger partial charge in [0.2, 0.25) is 0 Å². The van der Waals surface area contributed by atoms with Crippen molar-refractivity contribution < 1.29 is 0 Å². The molecule has 0 N–H and O–H groups in total. The van der Waals surface area contributed by atoms with Gasteiger partial charge in [0.25, 0.3) is 6.71 Å². The predicted molar refractivity (Wildman–Crippen MR) is 496 cm³/mol. The summed E-state index contributed by atoms with van der Waals surface area (Å²) in [4.78, 5) is 7.73. The van der Waals surface area contributed by atoms with Crippen molar-refractivity contribution in [1.29, 1.82) is 0 Å². The molecule has 20 aromatic rings. The van der Waals surface area contributed by atoms with Crippen molar-refractivity contribution in [2.24, 2.45) is 0 Å². The molecule has 0 fully saturated rings. The van der Waals surface area contributed by atoms with Crippen LogP contribution in [0.2, 0.25) is 0 Å². The second-order valence-electron chi connectivity index (χ2n) is 30.6. The number of hydrogen-bond acceptors (Lipinski definition) is 3. The number of nitrogens with zero attached hydrogens (tertiary/aromatic N) is 5. The Morgan fingerprint density at radius 1 is 0.198 bits per heavy atom. The zero-order valence-electron chi connectivity index (χ0n) is 63.7. The first-order valence-electron chi connectivity index (χ1n) is 40.2. The highest BCUT2D eigenvalue weighted by atomic mass is 28.3. The lowest BCUT2D eigenvalue weighted by molar-refractivity contribution is 1.16. The van der Waals surface area contributed by atoms with Crippen molar-refractivity contribution in [3.63, 3.8) is 0 Å². The Hall–Kier alpha value is -14.5. The van der Waals surface area contributed by atoms with Crippen molar-refractivity contribution in [3.05, 3.63) is 461 Å². The summed E-state index contributed by atoms with van der Waals surface area (Å²) in [7, 11) is -6.02. The molecule has 0 amide bonds. The van der Waals surface area contributed by atoms with Gasteiger partial charge in [0.15, 0.2) is 16.1 Å². The molecule has 0 unspecified atom stereocenters. The first-order chi connectivity index (χ1) is 57.6. The van der Waals surface area contributed by atoms with E-state index >= 15 is 0 Å². The SMILES string of the molecule is c1ccc(N(c2ccccc2)c2cc3c4c(c2)N(c2cccc([Si](c5ccccc5)(c5ccccc5)c5ccccc5)c2)c2cc(-n5c6ccccc6c6ccccc65)ccc2B4c2ccc(-n4c5ccccc5c5ccccc54)cc2N3c2ccc(-c3cccc([Si](c4ccccc4)(c4ccccc4)c4ccccc4)c3)cc2)cc1. The molecule has 22 rings (SSSR count). The Morgan fingerprint density at radius 3 is 0.888 bits per heavy atom. The first-order valence-corrected chi connectivity index (χ1v) is 44.2. The maximum Gasteiger partial charge on any atom is 0.252 e. The van der Waals surface area contributed by atoms with E-state index in [1.54, 1.807) is 0 Å². The van der Waals surface area contributed by atoms with E-state index in [2.05, 4.69) is 485 Å². The standard InChI is InChI=1S/C108H76BN5Si2/c1-9-36-79(37-10-1)110(80-38-11-2-12-39-80)85-75-106-108-107(76-85)114(82-40-34-54-93(72-82)116(89-47-19-6-20-48-89,90-49-21-7-22-50-90)91-51-23-8-24-52-91)105-74-84(113-102-61-31-27-57-96(102)97-58-28-32-62-103(97)113)68-70-99(105)109(108)98-69-67-83(112-100-59-29-25-55-94(100)95-56-26-30-60-101(95)112)73-104(98)111(106)81-65-63-77(64-66-81)78-35-33-53-92(71-78)115(86-41-13-3-14-42-86,87-43-15-4-16-44-87)88-45-17-5-18-46-88/h1-76H. The minimum Gasteiger partial charge on any atom is -0.311 e. The Kier molecular flexibility index (Phi) is 16.6. The summed E-state index contributed by atoms with van der Waals surface area (Å²) in [5.41, 5.74) is 22.3. The lowest BCUT2D eigenvalue weighted by Crippen LogP contribution is -2.74. The van der Waals surface area contributed by atoms with E-state index in [1.165, 1.54) is 79.4 Å². The molecule has 0 bridgehead atoms. The van der Waals surface area contributed by atoms with Crippen LogP contribution in [0.25, 0.3) is 66.1 Å². The molecule has 2 aromatic heterocycles. The lowest BCUT2D eigenvalue weighted by atomic mass is 9.33. The number of rotatable bonds is 16. The van der Waals surface area contributed by atoms with Crippen LogP contribution in [0.1, 0.15) is 0 Å². The van der Waals surface area contributed by atoms with Gasteiger partial charge in [0.05, 0.1) is 27.8 Å². The van der Waals surface area contributed by atoms with E-state index in [0.717, 1.165) is 95.8 Å². The van der Waals surface area contributed by atoms with Gasteiger partial charge in [-0.3, -0.25) is 0 Å². The summed E-state index contributed by atoms with van der Waals surface area (Å²) in [6.45, 7) is -0.257. The number of aromatic nitrogens is 2. The molecular weight excluding hydrogens is 1430 g/mol. The van der Waals surface area contributed by atoms with E-state index in [9.17, 15) is 0 Å². The molecule has 0 atom stereocenters. The summed E-state index contributed by atoms with van der Waals surface area (Å²) in [5, 5.41) is 15.5. The fourth-order valence-corrected chi connectivity index (χ4v) is 29.2. The number of hydrogen-bond donors (Lipinski definition) is 0. The summed E-state index contributed by atoms with van der Waals surface area (Å²) >= 11 is 0. The fourth-order valence-electron chi connectivity index (χ4n) is 19.7. The van der Waals surface area contributed by atoms with Gasteiger partial charge in [-0.2, -0.15) is 0 Å². The van der Waals surface area contributed by atoms with Gasteiger partial charge in [-0.25, -0.2) is 0 Å². The molecule has 2 aliphatic heterocycles. The van der Waals surface area contributed by atoms with Crippen LogP contribution < -0.4 is 72.6 Å². The largest absolute Gasteiger partial charge is 0.311 e. The van der Waals surface area contributed by atoms with E-state index in [0.29, 0.717) is 0 Å². The first kappa shape index (κ1) is 68.3. The molecule has 116 heavy (non-hydrogen) atoms. The van der Waals surface area contributed by atoms with Gasteiger partial charge in [-0.1, -0.05) is 352 Å². The minimum atomic E-state index is -3.13. The summed E-state index contributed by atoms with van der Waals surface area (Å²) in [6.07, 6.45) is 0. The Bertz CT molecular complexity index is 6750. The monoisotopic (exact) mass is 1510 g/mol. The number of anilines is 9. The fraction of sp³-hybridized carbons (Fsp3) is 0. The number of benzene rings is 18. The molecule has 0 saturated heterocycles. The van der Waals surface area contributed by atoms with Crippen LogP contribution in [0.15, 0.2) is 461 Å². The molecule has 8 heteroatoms. The predicted octanol–water partition coefficient (Wildman–Crippen LogP) is 19.9. The maximum absolute atomic E-state index is 3.13. The van der Waals surface area contributed by atoms with Crippen LogP contribution >= 0.6 is 0 Å². The van der Waals surface area contributed by atoms with E-state index < -0.39 is 16.1 Å². The van der Waals surface area contributed by atoms with Gasteiger partial charge >= 0.3 is 0 Å². The zero-order chi connectivity index (χ0) is 76.7. The molecular formula is C108H76BN5Si2. The molecule has 2 aliphatic rings. The van der Waals surface area contributed by atoms with E-state index in [-0.39, 0.29) is 6.71 Å². The van der Waals surface area contributed by atoms with Crippen molar-refractivity contribution in [2.45, 2.75) is 0 Å². The van der Waals surface area contributed by atoms with Crippen LogP contribution in [0.5, 0.6) is 0 Å². The summed E-state index contributed by atoms with van der Waals surface area (Å²) in [6, 6.07) is 174. The molecule has 0 saturated carbocycles. The van der Waals surface area contributed by atoms with Gasteiger partial charge in [-0.05, 0) is 178 Å². The van der Waals surface area contributed by atoms with E-state index in [4.69, 9.17) is 0 Å². The van der Waals surface area contributed by atoms with Crippen molar-refractivity contribution in [1.82, 2.24) is 9.13 Å². The number of para-hydroxylation sites is 6. The third-order valence-electron chi connectivity index (χ3n) is 24.5. The van der Waals surface area contributed by atoms with Gasteiger partial charge in [0, 0.05) is 78.4 Å². The second kappa shape index (κ2) is 28.3. The van der Waals surface area contributed by atoms with Crippen molar-refractivity contribution in [2.75, 3.05) is 14.7 Å². The van der Waals surface area contributed by atoms with Gasteiger partial charge < -0.3 is 23.8 Å². The molecule has 18 aromatic carbocycles. The summed E-state index contributed by atoms with van der Waals surface area (Å²) in [5.74, 6) is 0. The normalized spacial score (nSPS) is 12.4. The van der Waals surface area contributed by atoms with Gasteiger partial charge in [0.1, 0.15) is 0 Å². The van der Waals surface area contributed by atoms with Crippen LogP contribution in [0, 0.1) is 0 Å². The average Bonchev–Trinajstić information content (AvgIpc) is 0.793. The molecule has 0 spiro atoms. The highest BCUT2D eigenvalue weighted by Gasteiger charge is 2.47. The maximum atomic E-state index is 2.65. The quantitative estimate of drug-likeness (QED) is 0.0710. The average molecular weight is 1510 g/mol. The molecule has 5 nitrogen and oxygen atoms in total. The van der Waals surface area contributed by atoms with Crippen LogP contribution in [-0.4, -0.2) is 32.0 Å². The van der Waals surface area contributed by atoms with Crippen LogP contribution in [-0.2, 0) is 0 Å². The third-order valence-corrected chi connectivity index (χ3v) is 34.1. The van der Waals surface area contributed by atoms with E-state index in [1.807, 2.05) is 0 Å². The molecule has 4 heterocycles.